The van der Waals surface area contributed by atoms with E-state index in [2.05, 4.69) is 33.8 Å². The zero-order valence-corrected chi connectivity index (χ0v) is 11.7. The first-order valence-electron chi connectivity index (χ1n) is 6.73. The zero-order chi connectivity index (χ0) is 13.8. The van der Waals surface area contributed by atoms with Gasteiger partial charge in [0.25, 0.3) is 0 Å². The van der Waals surface area contributed by atoms with Gasteiger partial charge in [-0.3, -0.25) is 4.68 Å². The maximum Gasteiger partial charge on any atom is 0.163 e. The third-order valence-corrected chi connectivity index (χ3v) is 3.50. The Morgan fingerprint density at radius 3 is 2.68 bits per heavy atom. The molecule has 0 bridgehead atoms. The van der Waals surface area contributed by atoms with E-state index in [4.69, 9.17) is 0 Å². The number of aromatic nitrogens is 4. The maximum absolute atomic E-state index is 9.31. The molecule has 0 aromatic carbocycles. The van der Waals surface area contributed by atoms with Crippen LogP contribution in [0.3, 0.4) is 0 Å². The number of aliphatic hydroxyl groups is 1. The summed E-state index contributed by atoms with van der Waals surface area (Å²) in [7, 11) is 1.87. The molecule has 6 nitrogen and oxygen atoms in total. The van der Waals surface area contributed by atoms with Gasteiger partial charge in [0.2, 0.25) is 0 Å². The quantitative estimate of drug-likeness (QED) is 0.852. The van der Waals surface area contributed by atoms with Gasteiger partial charge in [0.1, 0.15) is 12.1 Å². The van der Waals surface area contributed by atoms with Crippen molar-refractivity contribution in [2.75, 3.05) is 18.1 Å². The molecule has 0 amide bonds. The molecule has 6 heteroatoms. The molecule has 0 fully saturated rings. The number of fused-ring (bicyclic) bond motifs is 1. The molecule has 0 saturated carbocycles. The smallest absolute Gasteiger partial charge is 0.163 e. The monoisotopic (exact) mass is 263 g/mol. The number of hydrogen-bond donors (Lipinski definition) is 1. The first-order valence-corrected chi connectivity index (χ1v) is 6.73. The van der Waals surface area contributed by atoms with E-state index in [9.17, 15) is 5.11 Å². The van der Waals surface area contributed by atoms with Gasteiger partial charge in [-0.25, -0.2) is 9.97 Å². The second-order valence-corrected chi connectivity index (χ2v) is 4.59. The van der Waals surface area contributed by atoms with Gasteiger partial charge >= 0.3 is 0 Å². The van der Waals surface area contributed by atoms with Crippen LogP contribution in [0, 0.1) is 0 Å². The molecule has 0 spiro atoms. The average Bonchev–Trinajstić information content (AvgIpc) is 2.81. The lowest BCUT2D eigenvalue weighted by atomic mass is 10.1. The van der Waals surface area contributed by atoms with E-state index in [0.717, 1.165) is 29.7 Å². The molecule has 2 aromatic heterocycles. The first kappa shape index (κ1) is 13.7. The topological polar surface area (TPSA) is 67.1 Å². The van der Waals surface area contributed by atoms with Gasteiger partial charge < -0.3 is 10.0 Å². The Hall–Kier alpha value is -1.69. The molecular weight excluding hydrogens is 242 g/mol. The summed E-state index contributed by atoms with van der Waals surface area (Å²) < 4.78 is 1.74. The molecule has 2 aromatic rings. The van der Waals surface area contributed by atoms with Crippen molar-refractivity contribution in [3.63, 3.8) is 0 Å². The van der Waals surface area contributed by atoms with E-state index in [1.54, 1.807) is 17.2 Å². The molecule has 0 aliphatic carbocycles. The molecule has 0 unspecified atom stereocenters. The Balaban J connectivity index is 2.49. The Morgan fingerprint density at radius 2 is 2.05 bits per heavy atom. The van der Waals surface area contributed by atoms with E-state index in [1.165, 1.54) is 0 Å². The lowest BCUT2D eigenvalue weighted by Crippen LogP contribution is -2.37. The molecule has 0 radical (unpaired) electrons. The minimum atomic E-state index is 0.113. The molecular formula is C13H21N5O. The lowest BCUT2D eigenvalue weighted by molar-refractivity contribution is 0.295. The Bertz CT molecular complexity index is 535. The first-order chi connectivity index (χ1) is 9.22. The summed E-state index contributed by atoms with van der Waals surface area (Å²) in [6.07, 6.45) is 5.38. The van der Waals surface area contributed by atoms with Gasteiger partial charge in [-0.15, -0.1) is 0 Å². The van der Waals surface area contributed by atoms with Gasteiger partial charge in [-0.05, 0) is 12.8 Å². The Morgan fingerprint density at radius 1 is 1.32 bits per heavy atom. The van der Waals surface area contributed by atoms with Crippen molar-refractivity contribution in [1.82, 2.24) is 19.7 Å². The molecule has 104 valence electrons. The highest BCUT2D eigenvalue weighted by atomic mass is 16.3. The Labute approximate surface area is 113 Å². The molecule has 0 aliphatic rings. The van der Waals surface area contributed by atoms with Gasteiger partial charge in [0.05, 0.1) is 18.2 Å². The summed E-state index contributed by atoms with van der Waals surface area (Å²) in [6.45, 7) is 5.00. The van der Waals surface area contributed by atoms with E-state index >= 15 is 0 Å². The van der Waals surface area contributed by atoms with Crippen LogP contribution in [0.5, 0.6) is 0 Å². The summed E-state index contributed by atoms with van der Waals surface area (Å²) in [4.78, 5) is 10.8. The van der Waals surface area contributed by atoms with Crippen LogP contribution in [0.15, 0.2) is 12.5 Å². The third kappa shape index (κ3) is 2.53. The minimum Gasteiger partial charge on any atom is -0.395 e. The van der Waals surface area contributed by atoms with Gasteiger partial charge in [-0.2, -0.15) is 5.10 Å². The van der Waals surface area contributed by atoms with Gasteiger partial charge in [0, 0.05) is 19.6 Å². The molecule has 2 heterocycles. The largest absolute Gasteiger partial charge is 0.395 e. The number of aliphatic hydroxyl groups excluding tert-OH is 1. The van der Waals surface area contributed by atoms with Crippen LogP contribution in [0.2, 0.25) is 0 Å². The maximum atomic E-state index is 9.31. The van der Waals surface area contributed by atoms with Gasteiger partial charge in [0.15, 0.2) is 5.65 Å². The highest BCUT2D eigenvalue weighted by Gasteiger charge is 2.20. The van der Waals surface area contributed by atoms with Crippen LogP contribution >= 0.6 is 0 Å². The fourth-order valence-electron chi connectivity index (χ4n) is 2.48. The molecule has 2 rings (SSSR count). The highest BCUT2D eigenvalue weighted by molar-refractivity contribution is 5.86. The minimum absolute atomic E-state index is 0.113. The molecule has 0 saturated heterocycles. The molecule has 19 heavy (non-hydrogen) atoms. The third-order valence-electron chi connectivity index (χ3n) is 3.50. The van der Waals surface area contributed by atoms with Crippen LogP contribution in [0.4, 0.5) is 5.82 Å². The van der Waals surface area contributed by atoms with Crippen LogP contribution in [0.1, 0.15) is 26.7 Å². The number of anilines is 1. The summed E-state index contributed by atoms with van der Waals surface area (Å²) in [5, 5.41) is 14.5. The van der Waals surface area contributed by atoms with Crippen molar-refractivity contribution < 1.29 is 5.11 Å². The van der Waals surface area contributed by atoms with Crippen LogP contribution in [0.25, 0.3) is 11.0 Å². The second-order valence-electron chi connectivity index (χ2n) is 4.59. The number of rotatable bonds is 6. The molecule has 0 atom stereocenters. The van der Waals surface area contributed by atoms with Crippen LogP contribution in [-0.4, -0.2) is 44.0 Å². The summed E-state index contributed by atoms with van der Waals surface area (Å²) in [5.41, 5.74) is 0.818. The highest BCUT2D eigenvalue weighted by Crippen LogP contribution is 2.25. The predicted octanol–water partition coefficient (Wildman–Crippen LogP) is 1.35. The van der Waals surface area contributed by atoms with E-state index < -0.39 is 0 Å². The standard InChI is InChI=1S/C13H21N5O/c1-4-10(5-2)18(6-7-19)13-11-8-16-17(3)12(11)14-9-15-13/h8-10,19H,4-7H2,1-3H3. The number of aryl methyl sites for hydroxylation is 1. The SMILES string of the molecule is CCC(CC)N(CCO)c1ncnc2c1cnn2C. The van der Waals surface area contributed by atoms with E-state index in [1.807, 2.05) is 7.05 Å². The van der Waals surface area contributed by atoms with Crippen molar-refractivity contribution in [3.8, 4) is 0 Å². The van der Waals surface area contributed by atoms with Crippen molar-refractivity contribution in [2.24, 2.45) is 7.05 Å². The summed E-state index contributed by atoms with van der Waals surface area (Å²) in [5.74, 6) is 0.862. The average molecular weight is 263 g/mol. The van der Waals surface area contributed by atoms with Crippen LogP contribution < -0.4 is 4.90 Å². The van der Waals surface area contributed by atoms with Crippen molar-refractivity contribution in [3.05, 3.63) is 12.5 Å². The fourth-order valence-corrected chi connectivity index (χ4v) is 2.48. The van der Waals surface area contributed by atoms with E-state index in [-0.39, 0.29) is 6.61 Å². The predicted molar refractivity (Wildman–Crippen MR) is 75.1 cm³/mol. The summed E-state index contributed by atoms with van der Waals surface area (Å²) >= 11 is 0. The number of nitrogens with zero attached hydrogens (tertiary/aromatic N) is 5. The lowest BCUT2D eigenvalue weighted by Gasteiger charge is -2.31. The normalized spacial score (nSPS) is 11.4. The summed E-state index contributed by atoms with van der Waals surface area (Å²) in [6, 6.07) is 0.366. The van der Waals surface area contributed by atoms with Crippen molar-refractivity contribution in [2.45, 2.75) is 32.7 Å². The van der Waals surface area contributed by atoms with Crippen LogP contribution in [-0.2, 0) is 7.05 Å². The zero-order valence-electron chi connectivity index (χ0n) is 11.7. The van der Waals surface area contributed by atoms with E-state index in [0.29, 0.717) is 12.6 Å². The van der Waals surface area contributed by atoms with Crippen molar-refractivity contribution in [1.29, 1.82) is 0 Å². The second kappa shape index (κ2) is 5.97. The van der Waals surface area contributed by atoms with Gasteiger partial charge in [-0.1, -0.05) is 13.8 Å². The Kier molecular flexibility index (Phi) is 4.31. The molecule has 0 aliphatic heterocycles. The van der Waals surface area contributed by atoms with Crippen molar-refractivity contribution >= 4 is 16.9 Å². The molecule has 1 N–H and O–H groups in total. The number of hydrogen-bond acceptors (Lipinski definition) is 5. The fraction of sp³-hybridized carbons (Fsp3) is 0.615.